The zero-order valence-corrected chi connectivity index (χ0v) is 22.7. The number of carbonyl (C=O) groups excluding carboxylic acids is 2. The lowest BCUT2D eigenvalue weighted by Gasteiger charge is -2.32. The molecule has 0 saturated carbocycles. The van der Waals surface area contributed by atoms with E-state index in [9.17, 15) is 9.59 Å². The maximum Gasteiger partial charge on any atom is 0.243 e. The SMILES string of the molecule is CCCCNC(=O)[C@@H](Cc1ccccc1)N(Cc1ccc(Br)cc1)C(=O)Cc1c(Cl)cccc1Cl. The van der Waals surface area contributed by atoms with Crippen molar-refractivity contribution in [1.29, 1.82) is 0 Å². The summed E-state index contributed by atoms with van der Waals surface area (Å²) in [7, 11) is 0. The molecule has 0 spiro atoms. The van der Waals surface area contributed by atoms with Gasteiger partial charge in [0.25, 0.3) is 0 Å². The molecule has 4 nitrogen and oxygen atoms in total. The monoisotopic (exact) mass is 574 g/mol. The number of benzene rings is 3. The molecule has 0 radical (unpaired) electrons. The molecule has 2 amide bonds. The Balaban J connectivity index is 1.97. The molecule has 3 rings (SSSR count). The number of hydrogen-bond donors (Lipinski definition) is 1. The van der Waals surface area contributed by atoms with Crippen molar-refractivity contribution < 1.29 is 9.59 Å². The van der Waals surface area contributed by atoms with Crippen LogP contribution in [0.1, 0.15) is 36.5 Å². The topological polar surface area (TPSA) is 49.4 Å². The Morgan fingerprint density at radius 3 is 2.20 bits per heavy atom. The second-order valence-electron chi connectivity index (χ2n) is 8.38. The molecule has 1 atom stereocenters. The highest BCUT2D eigenvalue weighted by Gasteiger charge is 2.31. The maximum atomic E-state index is 13.8. The van der Waals surface area contributed by atoms with Crippen LogP contribution in [0.3, 0.4) is 0 Å². The van der Waals surface area contributed by atoms with E-state index in [1.807, 2.05) is 54.6 Å². The first kappa shape index (κ1) is 27.3. The van der Waals surface area contributed by atoms with Gasteiger partial charge in [0.2, 0.25) is 11.8 Å². The minimum absolute atomic E-state index is 0.00254. The Labute approximate surface area is 225 Å². The van der Waals surface area contributed by atoms with Gasteiger partial charge in [-0.1, -0.05) is 101 Å². The fourth-order valence-electron chi connectivity index (χ4n) is 3.80. The summed E-state index contributed by atoms with van der Waals surface area (Å²) in [5.74, 6) is -0.382. The fourth-order valence-corrected chi connectivity index (χ4v) is 4.60. The van der Waals surface area contributed by atoms with Crippen molar-refractivity contribution in [2.45, 2.75) is 45.2 Å². The molecule has 3 aromatic carbocycles. The van der Waals surface area contributed by atoms with E-state index in [2.05, 4.69) is 28.2 Å². The van der Waals surface area contributed by atoms with Gasteiger partial charge in [-0.15, -0.1) is 0 Å². The van der Waals surface area contributed by atoms with E-state index >= 15 is 0 Å². The first-order chi connectivity index (χ1) is 16.9. The quantitative estimate of drug-likeness (QED) is 0.254. The standard InChI is InChI=1S/C28H29BrCl2N2O2/c1-2-3-16-32-28(35)26(17-20-8-5-4-6-9-20)33(19-21-12-14-22(29)15-13-21)27(34)18-23-24(30)10-7-11-25(23)31/h4-15,26H,2-3,16-19H2,1H3,(H,32,35)/t26-/m1/s1. The van der Waals surface area contributed by atoms with Gasteiger partial charge in [0.05, 0.1) is 6.42 Å². The van der Waals surface area contributed by atoms with E-state index < -0.39 is 6.04 Å². The zero-order chi connectivity index (χ0) is 25.2. The van der Waals surface area contributed by atoms with E-state index in [1.165, 1.54) is 0 Å². The third-order valence-corrected chi connectivity index (χ3v) is 6.99. The summed E-state index contributed by atoms with van der Waals surface area (Å²) >= 11 is 16.2. The maximum absolute atomic E-state index is 13.8. The lowest BCUT2D eigenvalue weighted by Crippen LogP contribution is -2.51. The van der Waals surface area contributed by atoms with Gasteiger partial charge in [0.15, 0.2) is 0 Å². The summed E-state index contributed by atoms with van der Waals surface area (Å²) in [4.78, 5) is 28.9. The molecule has 0 fully saturated rings. The molecular formula is C28H29BrCl2N2O2. The molecule has 0 bridgehead atoms. The van der Waals surface area contributed by atoms with Crippen molar-refractivity contribution in [3.05, 3.63) is 104 Å². The van der Waals surface area contributed by atoms with Crippen LogP contribution in [0.5, 0.6) is 0 Å². The van der Waals surface area contributed by atoms with Crippen LogP contribution in [0.4, 0.5) is 0 Å². The normalized spacial score (nSPS) is 11.7. The predicted molar refractivity (Wildman–Crippen MR) is 147 cm³/mol. The van der Waals surface area contributed by atoms with E-state index in [0.29, 0.717) is 28.6 Å². The summed E-state index contributed by atoms with van der Waals surface area (Å²) in [6, 6.07) is 22.0. The predicted octanol–water partition coefficient (Wildman–Crippen LogP) is 6.85. The van der Waals surface area contributed by atoms with Crippen molar-refractivity contribution in [2.24, 2.45) is 0 Å². The average molecular weight is 576 g/mol. The Morgan fingerprint density at radius 2 is 1.57 bits per heavy atom. The number of rotatable bonds is 11. The molecule has 0 unspecified atom stereocenters. The number of nitrogens with zero attached hydrogens (tertiary/aromatic N) is 1. The van der Waals surface area contributed by atoms with Crippen LogP contribution in [-0.4, -0.2) is 29.3 Å². The second-order valence-corrected chi connectivity index (χ2v) is 10.1. The Bertz CT molecular complexity index is 1100. The molecule has 0 aromatic heterocycles. The van der Waals surface area contributed by atoms with Crippen LogP contribution in [0.15, 0.2) is 77.3 Å². The Morgan fingerprint density at radius 1 is 0.914 bits per heavy atom. The molecule has 7 heteroatoms. The average Bonchev–Trinajstić information content (AvgIpc) is 2.85. The first-order valence-electron chi connectivity index (χ1n) is 11.7. The van der Waals surface area contributed by atoms with Crippen molar-refractivity contribution in [3.63, 3.8) is 0 Å². The summed E-state index contributed by atoms with van der Waals surface area (Å²) in [5, 5.41) is 3.89. The molecule has 35 heavy (non-hydrogen) atoms. The van der Waals surface area contributed by atoms with E-state index in [-0.39, 0.29) is 24.8 Å². The van der Waals surface area contributed by atoms with Gasteiger partial charge in [-0.2, -0.15) is 0 Å². The molecule has 0 aliphatic heterocycles. The molecule has 0 aliphatic carbocycles. The molecule has 3 aromatic rings. The lowest BCUT2D eigenvalue weighted by molar-refractivity contribution is -0.140. The van der Waals surface area contributed by atoms with Gasteiger partial charge < -0.3 is 10.2 Å². The van der Waals surface area contributed by atoms with Crippen molar-refractivity contribution in [3.8, 4) is 0 Å². The fraction of sp³-hybridized carbons (Fsp3) is 0.286. The summed E-state index contributed by atoms with van der Waals surface area (Å²) in [5.41, 5.74) is 2.46. The first-order valence-corrected chi connectivity index (χ1v) is 13.2. The highest BCUT2D eigenvalue weighted by atomic mass is 79.9. The third kappa shape index (κ3) is 8.09. The lowest BCUT2D eigenvalue weighted by atomic mass is 10.0. The van der Waals surface area contributed by atoms with Crippen LogP contribution < -0.4 is 5.32 Å². The number of nitrogens with one attached hydrogen (secondary N) is 1. The Kier molecular flexibility index (Phi) is 10.6. The molecule has 0 saturated heterocycles. The smallest absolute Gasteiger partial charge is 0.243 e. The highest BCUT2D eigenvalue weighted by molar-refractivity contribution is 9.10. The summed E-state index contributed by atoms with van der Waals surface area (Å²) in [6.07, 6.45) is 2.25. The largest absolute Gasteiger partial charge is 0.354 e. The van der Waals surface area contributed by atoms with Crippen LogP contribution in [0.2, 0.25) is 10.0 Å². The molecule has 0 heterocycles. The van der Waals surface area contributed by atoms with Crippen LogP contribution in [0.25, 0.3) is 0 Å². The minimum atomic E-state index is -0.688. The van der Waals surface area contributed by atoms with Gasteiger partial charge in [0, 0.05) is 34.0 Å². The van der Waals surface area contributed by atoms with Gasteiger partial charge in [-0.05, 0) is 47.4 Å². The van der Waals surface area contributed by atoms with Gasteiger partial charge in [-0.3, -0.25) is 9.59 Å². The van der Waals surface area contributed by atoms with E-state index in [0.717, 1.165) is 28.4 Å². The molecule has 184 valence electrons. The third-order valence-electron chi connectivity index (χ3n) is 5.76. The Hall–Kier alpha value is -2.34. The van der Waals surface area contributed by atoms with Gasteiger partial charge in [-0.25, -0.2) is 0 Å². The van der Waals surface area contributed by atoms with E-state index in [4.69, 9.17) is 23.2 Å². The van der Waals surface area contributed by atoms with Crippen LogP contribution >= 0.6 is 39.1 Å². The van der Waals surface area contributed by atoms with Crippen molar-refractivity contribution in [2.75, 3.05) is 6.54 Å². The zero-order valence-electron chi connectivity index (χ0n) is 19.6. The molecule has 1 N–H and O–H groups in total. The summed E-state index contributed by atoms with van der Waals surface area (Å²) < 4.78 is 0.945. The van der Waals surface area contributed by atoms with Crippen molar-refractivity contribution >= 4 is 50.9 Å². The van der Waals surface area contributed by atoms with Crippen LogP contribution in [0, 0.1) is 0 Å². The number of unbranched alkanes of at least 4 members (excludes halogenated alkanes) is 1. The van der Waals surface area contributed by atoms with Crippen molar-refractivity contribution in [1.82, 2.24) is 10.2 Å². The molecule has 0 aliphatic rings. The van der Waals surface area contributed by atoms with Crippen LogP contribution in [-0.2, 0) is 29.0 Å². The number of carbonyl (C=O) groups is 2. The van der Waals surface area contributed by atoms with E-state index in [1.54, 1.807) is 23.1 Å². The summed E-state index contributed by atoms with van der Waals surface area (Å²) in [6.45, 7) is 2.93. The number of hydrogen-bond acceptors (Lipinski definition) is 2. The highest BCUT2D eigenvalue weighted by Crippen LogP contribution is 2.26. The minimum Gasteiger partial charge on any atom is -0.354 e. The number of halogens is 3. The molecular weight excluding hydrogens is 547 g/mol. The van der Waals surface area contributed by atoms with Gasteiger partial charge in [0.1, 0.15) is 6.04 Å². The number of amides is 2. The van der Waals surface area contributed by atoms with Gasteiger partial charge >= 0.3 is 0 Å². The second kappa shape index (κ2) is 13.7.